The quantitative estimate of drug-likeness (QED) is 0.345. The molecule has 13 heteroatoms. The first-order valence-corrected chi connectivity index (χ1v) is 13.0. The van der Waals surface area contributed by atoms with E-state index in [1.165, 1.54) is 6.07 Å². The molecule has 1 amide bonds. The summed E-state index contributed by atoms with van der Waals surface area (Å²) in [5.74, 6) is 0.678. The van der Waals surface area contributed by atoms with Gasteiger partial charge in [-0.05, 0) is 44.0 Å². The minimum absolute atomic E-state index is 0. The summed E-state index contributed by atoms with van der Waals surface area (Å²) >= 11 is 0. The van der Waals surface area contributed by atoms with Crippen molar-refractivity contribution in [1.82, 2.24) is 14.8 Å². The Bertz CT molecular complexity index is 1130. The van der Waals surface area contributed by atoms with Gasteiger partial charge in [0.2, 0.25) is 11.8 Å². The first-order chi connectivity index (χ1) is 18.6. The van der Waals surface area contributed by atoms with E-state index >= 15 is 0 Å². The maximum Gasteiger partial charge on any atom is 0.423 e. The van der Waals surface area contributed by atoms with Crippen molar-refractivity contribution in [3.8, 4) is 5.88 Å². The molecule has 0 bridgehead atoms. The number of nitrogens with zero attached hydrogens (tertiary/aromatic N) is 5. The number of carbonyl (C=O) groups is 1. The number of hydrogen-bond acceptors (Lipinski definition) is 8. The maximum atomic E-state index is 13.3. The van der Waals surface area contributed by atoms with Crippen LogP contribution in [0.25, 0.3) is 0 Å². The number of nitro groups is 1. The standard InChI is InChI=1S/C26H33F3N6O4.CH4/c1-39-24-7-5-21(18-30-24)33-15-13-32(14-16-33)10-2-3-25(36)34-11-8-19(9-12-34)31-20-4-6-23(35(37)38)22(17-20)26(27,28)29;/h4-7,17-19,31H,2-3,8-16H2,1H3;1H4. The zero-order chi connectivity index (χ0) is 28.0. The average Bonchev–Trinajstić information content (AvgIpc) is 2.93. The molecule has 2 aliphatic heterocycles. The van der Waals surface area contributed by atoms with E-state index in [1.54, 1.807) is 7.11 Å². The fraction of sp³-hybridized carbons (Fsp3) is 0.556. The second-order valence-corrected chi connectivity index (χ2v) is 9.78. The number of anilines is 2. The van der Waals surface area contributed by atoms with Crippen LogP contribution in [0, 0.1) is 10.1 Å². The van der Waals surface area contributed by atoms with Crippen LogP contribution in [0.15, 0.2) is 36.5 Å². The largest absolute Gasteiger partial charge is 0.481 e. The van der Waals surface area contributed by atoms with E-state index in [9.17, 15) is 28.1 Å². The van der Waals surface area contributed by atoms with Crippen LogP contribution in [0.4, 0.5) is 30.2 Å². The Morgan fingerprint density at radius 1 is 1.12 bits per heavy atom. The number of rotatable bonds is 9. The number of hydrogen-bond donors (Lipinski definition) is 1. The smallest absolute Gasteiger partial charge is 0.423 e. The lowest BCUT2D eigenvalue weighted by molar-refractivity contribution is -0.388. The van der Waals surface area contributed by atoms with Crippen molar-refractivity contribution in [2.45, 2.75) is 45.3 Å². The molecule has 220 valence electrons. The number of piperazine rings is 1. The third kappa shape index (κ3) is 7.96. The number of likely N-dealkylation sites (tertiary alicyclic amines) is 1. The van der Waals surface area contributed by atoms with Gasteiger partial charge in [0, 0.05) is 69.6 Å². The van der Waals surface area contributed by atoms with Crippen molar-refractivity contribution in [3.63, 3.8) is 0 Å². The number of amides is 1. The highest BCUT2D eigenvalue weighted by Gasteiger charge is 2.38. The Morgan fingerprint density at radius 2 is 1.82 bits per heavy atom. The number of benzene rings is 1. The highest BCUT2D eigenvalue weighted by atomic mass is 19.4. The molecule has 0 unspecified atom stereocenters. The highest BCUT2D eigenvalue weighted by Crippen LogP contribution is 2.38. The van der Waals surface area contributed by atoms with Gasteiger partial charge in [0.1, 0.15) is 5.56 Å². The zero-order valence-corrected chi connectivity index (χ0v) is 21.8. The molecule has 2 aliphatic rings. The molecule has 2 fully saturated rings. The summed E-state index contributed by atoms with van der Waals surface area (Å²) in [6.45, 7) is 5.49. The number of aromatic nitrogens is 1. The number of carbonyl (C=O) groups excluding carboxylic acids is 1. The van der Waals surface area contributed by atoms with E-state index in [-0.39, 0.29) is 25.1 Å². The number of nitro benzene ring substituents is 1. The van der Waals surface area contributed by atoms with Crippen LogP contribution in [0.5, 0.6) is 5.88 Å². The lowest BCUT2D eigenvalue weighted by Crippen LogP contribution is -2.47. The molecule has 2 aromatic rings. The summed E-state index contributed by atoms with van der Waals surface area (Å²) in [6.07, 6.45) is -0.602. The number of nitrogens with one attached hydrogen (secondary N) is 1. The van der Waals surface area contributed by atoms with Crippen molar-refractivity contribution in [1.29, 1.82) is 0 Å². The second kappa shape index (κ2) is 13.6. The van der Waals surface area contributed by atoms with Gasteiger partial charge in [-0.15, -0.1) is 0 Å². The van der Waals surface area contributed by atoms with Crippen molar-refractivity contribution in [3.05, 3.63) is 52.2 Å². The van der Waals surface area contributed by atoms with Crippen LogP contribution in [0.1, 0.15) is 38.7 Å². The molecule has 4 rings (SSSR count). The van der Waals surface area contributed by atoms with Gasteiger partial charge in [-0.3, -0.25) is 19.8 Å². The zero-order valence-electron chi connectivity index (χ0n) is 21.8. The first kappa shape index (κ1) is 30.9. The molecule has 1 aromatic carbocycles. The molecule has 0 spiro atoms. The van der Waals surface area contributed by atoms with E-state index in [0.717, 1.165) is 57.0 Å². The topological polar surface area (TPSA) is 104 Å². The van der Waals surface area contributed by atoms with Gasteiger partial charge in [0.05, 0.1) is 23.9 Å². The van der Waals surface area contributed by atoms with Gasteiger partial charge >= 0.3 is 6.18 Å². The Morgan fingerprint density at radius 3 is 2.40 bits per heavy atom. The van der Waals surface area contributed by atoms with Crippen LogP contribution in [0.2, 0.25) is 0 Å². The first-order valence-electron chi connectivity index (χ1n) is 13.0. The van der Waals surface area contributed by atoms with Crippen LogP contribution in [-0.2, 0) is 11.0 Å². The van der Waals surface area contributed by atoms with Gasteiger partial charge in [-0.1, -0.05) is 7.43 Å². The van der Waals surface area contributed by atoms with Gasteiger partial charge in [0.15, 0.2) is 0 Å². The molecule has 2 saturated heterocycles. The summed E-state index contributed by atoms with van der Waals surface area (Å²) in [5, 5.41) is 14.0. The van der Waals surface area contributed by atoms with E-state index in [1.807, 2.05) is 23.2 Å². The predicted molar refractivity (Wildman–Crippen MR) is 147 cm³/mol. The minimum Gasteiger partial charge on any atom is -0.481 e. The molecule has 0 radical (unpaired) electrons. The summed E-state index contributed by atoms with van der Waals surface area (Å²) in [5.41, 5.74) is -0.993. The van der Waals surface area contributed by atoms with E-state index in [0.29, 0.717) is 38.2 Å². The summed E-state index contributed by atoms with van der Waals surface area (Å²) in [6, 6.07) is 6.69. The van der Waals surface area contributed by atoms with Crippen LogP contribution in [-0.4, -0.2) is 84.6 Å². The third-order valence-electron chi connectivity index (χ3n) is 7.25. The third-order valence-corrected chi connectivity index (χ3v) is 7.25. The normalized spacial score (nSPS) is 16.8. The SMILES string of the molecule is C.COc1ccc(N2CCN(CCCC(=O)N3CCC(Nc4ccc([N+](=O)[O-])c(C(F)(F)F)c4)CC3)CC2)cn1. The van der Waals surface area contributed by atoms with Gasteiger partial charge in [0.25, 0.3) is 5.69 Å². The van der Waals surface area contributed by atoms with E-state index < -0.39 is 22.4 Å². The van der Waals surface area contributed by atoms with Crippen LogP contribution >= 0.6 is 0 Å². The van der Waals surface area contributed by atoms with E-state index in [4.69, 9.17) is 4.74 Å². The number of ether oxygens (including phenoxy) is 1. The second-order valence-electron chi connectivity index (χ2n) is 9.78. The Kier molecular flexibility index (Phi) is 10.5. The van der Waals surface area contributed by atoms with Crippen molar-refractivity contribution in [2.24, 2.45) is 0 Å². The Hall–Kier alpha value is -3.61. The molecule has 0 aliphatic carbocycles. The molecule has 3 heterocycles. The van der Waals surface area contributed by atoms with Crippen molar-refractivity contribution >= 4 is 23.0 Å². The molecule has 0 atom stereocenters. The molecule has 1 aromatic heterocycles. The molecule has 1 N–H and O–H groups in total. The molecular weight excluding hydrogens is 529 g/mol. The Balaban J connectivity index is 0.00000441. The van der Waals surface area contributed by atoms with Gasteiger partial charge in [-0.2, -0.15) is 13.2 Å². The molecular formula is C27H37F3N6O4. The number of pyridine rings is 1. The lowest BCUT2D eigenvalue weighted by atomic mass is 10.0. The fourth-order valence-corrected chi connectivity index (χ4v) is 5.04. The highest BCUT2D eigenvalue weighted by molar-refractivity contribution is 5.76. The van der Waals surface area contributed by atoms with Crippen molar-refractivity contribution in [2.75, 3.05) is 63.1 Å². The van der Waals surface area contributed by atoms with Crippen LogP contribution < -0.4 is 15.0 Å². The molecule has 40 heavy (non-hydrogen) atoms. The van der Waals surface area contributed by atoms with E-state index in [2.05, 4.69) is 20.1 Å². The maximum absolute atomic E-state index is 13.3. The summed E-state index contributed by atoms with van der Waals surface area (Å²) < 4.78 is 44.9. The lowest BCUT2D eigenvalue weighted by Gasteiger charge is -2.36. The van der Waals surface area contributed by atoms with Gasteiger partial charge in [-0.25, -0.2) is 4.98 Å². The Labute approximate surface area is 232 Å². The number of alkyl halides is 3. The van der Waals surface area contributed by atoms with Crippen LogP contribution in [0.3, 0.4) is 0 Å². The predicted octanol–water partition coefficient (Wildman–Crippen LogP) is 4.66. The average molecular weight is 567 g/mol. The monoisotopic (exact) mass is 566 g/mol. The summed E-state index contributed by atoms with van der Waals surface area (Å²) in [7, 11) is 1.59. The van der Waals surface area contributed by atoms with Gasteiger partial charge < -0.3 is 19.9 Å². The summed E-state index contributed by atoms with van der Waals surface area (Å²) in [4.78, 5) is 33.4. The fourth-order valence-electron chi connectivity index (χ4n) is 5.04. The number of piperidine rings is 1. The van der Waals surface area contributed by atoms with Crippen molar-refractivity contribution < 1.29 is 27.6 Å². The molecule has 10 nitrogen and oxygen atoms in total. The number of halogens is 3. The molecule has 0 saturated carbocycles. The number of methoxy groups -OCH3 is 1. The minimum atomic E-state index is -4.82.